The molecule has 3 heterocycles. The molecule has 0 N–H and O–H groups in total. The Balaban J connectivity index is 1.33. The number of hydrogen-bond donors (Lipinski definition) is 0. The summed E-state index contributed by atoms with van der Waals surface area (Å²) in [4.78, 5) is 26.8. The molecule has 8 nitrogen and oxygen atoms in total. The molecular formula is C25H24N6O2. The normalized spacial score (nSPS) is 13.1. The number of non-ortho nitro benzene ring substituents is 1. The van der Waals surface area contributed by atoms with Crippen LogP contribution in [0, 0.1) is 17.0 Å². The summed E-state index contributed by atoms with van der Waals surface area (Å²) < 4.78 is 2.27. The summed E-state index contributed by atoms with van der Waals surface area (Å²) in [5.41, 5.74) is 5.37. The van der Waals surface area contributed by atoms with Gasteiger partial charge in [-0.05, 0) is 31.0 Å². The summed E-state index contributed by atoms with van der Waals surface area (Å²) in [6.07, 6.45) is 3.84. The minimum atomic E-state index is -0.406. The van der Waals surface area contributed by atoms with Crippen molar-refractivity contribution in [2.75, 3.05) is 11.4 Å². The average molecular weight is 441 g/mol. The summed E-state index contributed by atoms with van der Waals surface area (Å²) in [6, 6.07) is 18.8. The highest BCUT2D eigenvalue weighted by molar-refractivity contribution is 5.60. The molecule has 1 aliphatic heterocycles. The minimum Gasteiger partial charge on any atom is -0.350 e. The molecular weight excluding hydrogens is 416 g/mol. The van der Waals surface area contributed by atoms with Gasteiger partial charge in [-0.1, -0.05) is 30.3 Å². The first-order valence-electron chi connectivity index (χ1n) is 11.0. The van der Waals surface area contributed by atoms with Crippen molar-refractivity contribution in [3.05, 3.63) is 99.8 Å². The van der Waals surface area contributed by atoms with Crippen LogP contribution in [0.2, 0.25) is 0 Å². The van der Waals surface area contributed by atoms with Crippen molar-refractivity contribution in [3.8, 4) is 11.4 Å². The predicted molar refractivity (Wildman–Crippen MR) is 126 cm³/mol. The van der Waals surface area contributed by atoms with Gasteiger partial charge in [-0.2, -0.15) is 0 Å². The van der Waals surface area contributed by atoms with E-state index in [1.54, 1.807) is 12.1 Å². The van der Waals surface area contributed by atoms with Crippen LogP contribution in [-0.2, 0) is 25.9 Å². The van der Waals surface area contributed by atoms with Gasteiger partial charge in [0.1, 0.15) is 5.82 Å². The first-order valence-corrected chi connectivity index (χ1v) is 11.0. The molecule has 5 rings (SSSR count). The number of fused-ring (bicyclic) bond motifs is 1. The molecule has 0 fully saturated rings. The lowest BCUT2D eigenvalue weighted by molar-refractivity contribution is -0.384. The fourth-order valence-corrected chi connectivity index (χ4v) is 4.23. The molecule has 4 aromatic rings. The molecule has 0 atom stereocenters. The van der Waals surface area contributed by atoms with Gasteiger partial charge in [0.2, 0.25) is 0 Å². The molecule has 2 aromatic heterocycles. The van der Waals surface area contributed by atoms with E-state index in [2.05, 4.69) is 43.7 Å². The number of nitrogens with zero attached hydrogens (tertiary/aromatic N) is 6. The zero-order valence-electron chi connectivity index (χ0n) is 18.4. The van der Waals surface area contributed by atoms with Crippen LogP contribution in [0.1, 0.15) is 22.6 Å². The van der Waals surface area contributed by atoms with E-state index in [4.69, 9.17) is 4.98 Å². The monoisotopic (exact) mass is 440 g/mol. The Labute approximate surface area is 191 Å². The smallest absolute Gasteiger partial charge is 0.269 e. The number of aryl methyl sites for hydroxylation is 3. The van der Waals surface area contributed by atoms with E-state index in [-0.39, 0.29) is 5.69 Å². The maximum Gasteiger partial charge on any atom is 0.269 e. The van der Waals surface area contributed by atoms with Gasteiger partial charge < -0.3 is 9.47 Å². The Hall–Kier alpha value is -4.07. The molecule has 0 saturated carbocycles. The third kappa shape index (κ3) is 4.45. The second kappa shape index (κ2) is 8.82. The third-order valence-electron chi connectivity index (χ3n) is 5.98. The maximum absolute atomic E-state index is 10.9. The van der Waals surface area contributed by atoms with Gasteiger partial charge in [0.15, 0.2) is 5.82 Å². The van der Waals surface area contributed by atoms with Crippen molar-refractivity contribution in [2.24, 2.45) is 0 Å². The molecule has 0 radical (unpaired) electrons. The summed E-state index contributed by atoms with van der Waals surface area (Å²) in [5, 5.41) is 10.9. The Morgan fingerprint density at radius 2 is 1.85 bits per heavy atom. The standard InChI is InChI=1S/C25H24N6O2/c1-18-15-24(28-25(27-18)20-7-9-21(10-8-20)31(32)33)29-14-12-23-22(16-29)26-17-30(23)13-11-19-5-3-2-4-6-19/h2-10,15,17H,11-14,16H2,1H3. The van der Waals surface area contributed by atoms with Crippen molar-refractivity contribution < 1.29 is 4.92 Å². The molecule has 166 valence electrons. The summed E-state index contributed by atoms with van der Waals surface area (Å²) in [7, 11) is 0. The molecule has 0 saturated heterocycles. The highest BCUT2D eigenvalue weighted by Gasteiger charge is 2.23. The molecule has 33 heavy (non-hydrogen) atoms. The quantitative estimate of drug-likeness (QED) is 0.327. The van der Waals surface area contributed by atoms with E-state index in [9.17, 15) is 10.1 Å². The molecule has 0 bridgehead atoms. The van der Waals surface area contributed by atoms with Gasteiger partial charge in [0, 0.05) is 54.7 Å². The molecule has 0 amide bonds. The van der Waals surface area contributed by atoms with E-state index < -0.39 is 4.92 Å². The second-order valence-corrected chi connectivity index (χ2v) is 8.23. The Morgan fingerprint density at radius 1 is 1.06 bits per heavy atom. The average Bonchev–Trinajstić information content (AvgIpc) is 3.25. The zero-order chi connectivity index (χ0) is 22.8. The van der Waals surface area contributed by atoms with Crippen LogP contribution in [0.3, 0.4) is 0 Å². The van der Waals surface area contributed by atoms with Crippen LogP contribution >= 0.6 is 0 Å². The van der Waals surface area contributed by atoms with Crippen LogP contribution in [0.15, 0.2) is 67.0 Å². The number of imidazole rings is 1. The van der Waals surface area contributed by atoms with Crippen LogP contribution in [0.4, 0.5) is 11.5 Å². The number of hydrogen-bond acceptors (Lipinski definition) is 6. The summed E-state index contributed by atoms with van der Waals surface area (Å²) in [6.45, 7) is 4.40. The van der Waals surface area contributed by atoms with E-state index in [1.165, 1.54) is 23.4 Å². The van der Waals surface area contributed by atoms with Crippen molar-refractivity contribution in [3.63, 3.8) is 0 Å². The van der Waals surface area contributed by atoms with Crippen molar-refractivity contribution in [2.45, 2.75) is 32.9 Å². The predicted octanol–water partition coefficient (Wildman–Crippen LogP) is 4.36. The van der Waals surface area contributed by atoms with E-state index in [0.717, 1.165) is 48.7 Å². The first kappa shape index (κ1) is 20.8. The first-order chi connectivity index (χ1) is 16.1. The topological polar surface area (TPSA) is 90.0 Å². The van der Waals surface area contributed by atoms with Crippen molar-refractivity contribution in [1.29, 1.82) is 0 Å². The van der Waals surface area contributed by atoms with Gasteiger partial charge >= 0.3 is 0 Å². The van der Waals surface area contributed by atoms with Crippen molar-refractivity contribution >= 4 is 11.5 Å². The van der Waals surface area contributed by atoms with E-state index in [1.807, 2.05) is 25.4 Å². The van der Waals surface area contributed by atoms with E-state index >= 15 is 0 Å². The van der Waals surface area contributed by atoms with Crippen molar-refractivity contribution in [1.82, 2.24) is 19.5 Å². The highest BCUT2D eigenvalue weighted by Crippen LogP contribution is 2.26. The zero-order valence-corrected chi connectivity index (χ0v) is 18.4. The fourth-order valence-electron chi connectivity index (χ4n) is 4.23. The molecule has 0 unspecified atom stereocenters. The number of aromatic nitrogens is 4. The van der Waals surface area contributed by atoms with Crippen LogP contribution in [0.5, 0.6) is 0 Å². The van der Waals surface area contributed by atoms with E-state index in [0.29, 0.717) is 12.4 Å². The molecule has 0 spiro atoms. The molecule has 0 aliphatic carbocycles. The molecule has 1 aliphatic rings. The Bertz CT molecular complexity index is 1280. The molecule has 2 aromatic carbocycles. The third-order valence-corrected chi connectivity index (χ3v) is 5.98. The lowest BCUT2D eigenvalue weighted by atomic mass is 10.1. The maximum atomic E-state index is 10.9. The highest BCUT2D eigenvalue weighted by atomic mass is 16.6. The fraction of sp³-hybridized carbons (Fsp3) is 0.240. The second-order valence-electron chi connectivity index (χ2n) is 8.23. The van der Waals surface area contributed by atoms with Gasteiger partial charge in [-0.15, -0.1) is 0 Å². The number of rotatable bonds is 6. The Kier molecular flexibility index (Phi) is 5.56. The number of nitro groups is 1. The Morgan fingerprint density at radius 3 is 2.61 bits per heavy atom. The molecule has 8 heteroatoms. The van der Waals surface area contributed by atoms with Gasteiger partial charge in [0.25, 0.3) is 5.69 Å². The van der Waals surface area contributed by atoms with Crippen LogP contribution in [-0.4, -0.2) is 31.0 Å². The minimum absolute atomic E-state index is 0.0537. The summed E-state index contributed by atoms with van der Waals surface area (Å²) >= 11 is 0. The van der Waals surface area contributed by atoms with Gasteiger partial charge in [-0.25, -0.2) is 15.0 Å². The number of anilines is 1. The number of benzene rings is 2. The van der Waals surface area contributed by atoms with Gasteiger partial charge in [-0.3, -0.25) is 10.1 Å². The lowest BCUT2D eigenvalue weighted by Crippen LogP contribution is -2.32. The SMILES string of the molecule is Cc1cc(N2CCc3c(ncn3CCc3ccccc3)C2)nc(-c2ccc([N+](=O)[O-])cc2)n1. The van der Waals surface area contributed by atoms with Crippen LogP contribution < -0.4 is 4.90 Å². The largest absolute Gasteiger partial charge is 0.350 e. The van der Waals surface area contributed by atoms with Crippen LogP contribution in [0.25, 0.3) is 11.4 Å². The van der Waals surface area contributed by atoms with Gasteiger partial charge in [0.05, 0.1) is 23.5 Å². The lowest BCUT2D eigenvalue weighted by Gasteiger charge is -2.28. The number of nitro benzene ring substituents is 1. The summed E-state index contributed by atoms with van der Waals surface area (Å²) in [5.74, 6) is 1.42.